The second-order valence-corrected chi connectivity index (χ2v) is 1.60. The van der Waals surface area contributed by atoms with E-state index in [1.165, 1.54) is 11.8 Å². The lowest BCUT2D eigenvalue weighted by Gasteiger charge is -2.05. The Balaban J connectivity index is 2.63. The summed E-state index contributed by atoms with van der Waals surface area (Å²) in [6.45, 7) is 0. The van der Waals surface area contributed by atoms with Crippen molar-refractivity contribution in [3.8, 4) is 0 Å². The molecule has 0 fully saturated rings. The third-order valence-corrected chi connectivity index (χ3v) is 0.741. The van der Waals surface area contributed by atoms with Gasteiger partial charge in [0.15, 0.2) is 0 Å². The van der Waals surface area contributed by atoms with E-state index in [1.807, 2.05) is 19.0 Å². The molecule has 0 saturated carbocycles. The summed E-state index contributed by atoms with van der Waals surface area (Å²) < 4.78 is 0. The van der Waals surface area contributed by atoms with Crippen molar-refractivity contribution in [1.82, 2.24) is 4.90 Å². The lowest BCUT2D eigenvalue weighted by atomic mass is 11.0. The van der Waals surface area contributed by atoms with Gasteiger partial charge in [0.05, 0.1) is 5.88 Å². The molecule has 0 amide bonds. The largest absolute Gasteiger partial charge is 0.327 e. The molecular weight excluding hydrogens is 94.1 g/mol. The van der Waals surface area contributed by atoms with Crippen LogP contribution in [0.5, 0.6) is 0 Å². The fourth-order valence-electron chi connectivity index (χ4n) is 0.129. The number of nitrogens with zero attached hydrogens (tertiary/aromatic N) is 1. The van der Waals surface area contributed by atoms with Crippen LogP contribution in [0.25, 0.3) is 0 Å². The average molecular weight is 102 g/mol. The van der Waals surface area contributed by atoms with E-state index in [9.17, 15) is 0 Å². The van der Waals surface area contributed by atoms with Crippen molar-refractivity contribution < 1.29 is 0 Å². The standard InChI is InChI=1S/C4H8NS/c1-5(2)4-6-3/h3H2,1-2H3/q-1. The maximum atomic E-state index is 3.49. The molecule has 0 aliphatic carbocycles. The van der Waals surface area contributed by atoms with E-state index in [-0.39, 0.29) is 0 Å². The van der Waals surface area contributed by atoms with Gasteiger partial charge < -0.3 is 11.8 Å². The van der Waals surface area contributed by atoms with Crippen molar-refractivity contribution in [3.05, 3.63) is 12.1 Å². The number of thioether (sulfide) groups is 1. The Morgan fingerprint density at radius 1 is 1.67 bits per heavy atom. The normalized spacial score (nSPS) is 10.0. The van der Waals surface area contributed by atoms with Crippen LogP contribution < -0.4 is 0 Å². The highest BCUT2D eigenvalue weighted by Crippen LogP contribution is 2.00. The Bertz CT molecular complexity index is 28.7. The molecule has 0 spiro atoms. The SMILES string of the molecule is [CH2-]S[C]N(C)C. The smallest absolute Gasteiger partial charge is 0.0937 e. The number of hydrogen-bond acceptors (Lipinski definition) is 2. The molecule has 0 aliphatic heterocycles. The molecule has 0 saturated heterocycles. The second kappa shape index (κ2) is 3.50. The first kappa shape index (κ1) is 6.31. The van der Waals surface area contributed by atoms with Gasteiger partial charge in [0.1, 0.15) is 0 Å². The zero-order chi connectivity index (χ0) is 4.99. The maximum Gasteiger partial charge on any atom is 0.0937 e. The predicted molar refractivity (Wildman–Crippen MR) is 29.9 cm³/mol. The Kier molecular flexibility index (Phi) is 3.68. The molecule has 0 aromatic carbocycles. The van der Waals surface area contributed by atoms with E-state index in [2.05, 4.69) is 12.1 Å². The minimum atomic E-state index is 1.34. The molecule has 0 aromatic heterocycles. The molecular formula is C4H8NS-. The maximum absolute atomic E-state index is 3.49. The molecule has 0 heterocycles. The first-order valence-electron chi connectivity index (χ1n) is 1.61. The van der Waals surface area contributed by atoms with Gasteiger partial charge in [-0.3, -0.25) is 11.2 Å². The fourth-order valence-corrected chi connectivity index (χ4v) is 0.387. The molecule has 36 valence electrons. The van der Waals surface area contributed by atoms with Crippen molar-refractivity contribution in [3.63, 3.8) is 0 Å². The van der Waals surface area contributed by atoms with Gasteiger partial charge in [-0.1, -0.05) is 0 Å². The third-order valence-electron chi connectivity index (χ3n) is 0.247. The lowest BCUT2D eigenvalue weighted by molar-refractivity contribution is 0.543. The van der Waals surface area contributed by atoms with Gasteiger partial charge in [0.25, 0.3) is 0 Å². The topological polar surface area (TPSA) is 3.24 Å². The minimum absolute atomic E-state index is 1.34. The molecule has 1 nitrogen and oxygen atoms in total. The summed E-state index contributed by atoms with van der Waals surface area (Å²) >= 11 is 1.34. The predicted octanol–water partition coefficient (Wildman–Crippen LogP) is 1.07. The van der Waals surface area contributed by atoms with E-state index in [1.54, 1.807) is 0 Å². The molecule has 6 heavy (non-hydrogen) atoms. The summed E-state index contributed by atoms with van der Waals surface area (Å²) in [4.78, 5) is 1.83. The molecule has 0 atom stereocenters. The van der Waals surface area contributed by atoms with Gasteiger partial charge in [0, 0.05) is 0 Å². The summed E-state index contributed by atoms with van der Waals surface area (Å²) in [6, 6.07) is 0. The summed E-state index contributed by atoms with van der Waals surface area (Å²) in [6.07, 6.45) is 3.49. The number of rotatable bonds is 2. The molecule has 0 aliphatic rings. The molecule has 0 aromatic rings. The van der Waals surface area contributed by atoms with Crippen molar-refractivity contribution in [2.75, 3.05) is 14.1 Å². The monoisotopic (exact) mass is 102 g/mol. The van der Waals surface area contributed by atoms with Crippen LogP contribution >= 0.6 is 11.8 Å². The van der Waals surface area contributed by atoms with Crippen LogP contribution in [0.15, 0.2) is 0 Å². The first-order valence-corrected chi connectivity index (χ1v) is 2.60. The summed E-state index contributed by atoms with van der Waals surface area (Å²) in [7, 11) is 3.83. The van der Waals surface area contributed by atoms with Crippen LogP contribution in [-0.4, -0.2) is 19.0 Å². The Morgan fingerprint density at radius 2 is 2.17 bits per heavy atom. The second-order valence-electron chi connectivity index (χ2n) is 1.13. The zero-order valence-electron chi connectivity index (χ0n) is 4.06. The van der Waals surface area contributed by atoms with Crippen molar-refractivity contribution in [2.24, 2.45) is 0 Å². The quantitative estimate of drug-likeness (QED) is 0.379. The van der Waals surface area contributed by atoms with E-state index in [0.29, 0.717) is 0 Å². The Labute approximate surface area is 43.7 Å². The van der Waals surface area contributed by atoms with Crippen molar-refractivity contribution >= 4 is 11.8 Å². The van der Waals surface area contributed by atoms with Gasteiger partial charge in [-0.05, 0) is 14.1 Å². The van der Waals surface area contributed by atoms with Crippen LogP contribution in [0.2, 0.25) is 0 Å². The minimum Gasteiger partial charge on any atom is -0.327 e. The highest BCUT2D eigenvalue weighted by Gasteiger charge is 1.77. The van der Waals surface area contributed by atoms with E-state index >= 15 is 0 Å². The highest BCUT2D eigenvalue weighted by atomic mass is 32.2. The van der Waals surface area contributed by atoms with Crippen LogP contribution in [0, 0.1) is 12.1 Å². The van der Waals surface area contributed by atoms with Crippen LogP contribution in [0.3, 0.4) is 0 Å². The van der Waals surface area contributed by atoms with Gasteiger partial charge >= 0.3 is 0 Å². The van der Waals surface area contributed by atoms with Gasteiger partial charge in [-0.2, -0.15) is 0 Å². The number of hydrogen-bond donors (Lipinski definition) is 0. The van der Waals surface area contributed by atoms with Crippen LogP contribution in [0.1, 0.15) is 0 Å². The van der Waals surface area contributed by atoms with E-state index in [4.69, 9.17) is 0 Å². The van der Waals surface area contributed by atoms with Crippen molar-refractivity contribution in [1.29, 1.82) is 0 Å². The summed E-state index contributed by atoms with van der Waals surface area (Å²) in [5.74, 6) is 2.85. The third kappa shape index (κ3) is 4.31. The van der Waals surface area contributed by atoms with Gasteiger partial charge in [-0.25, -0.2) is 0 Å². The summed E-state index contributed by atoms with van der Waals surface area (Å²) in [5, 5.41) is 0. The van der Waals surface area contributed by atoms with Gasteiger partial charge in [-0.15, -0.1) is 0 Å². The van der Waals surface area contributed by atoms with E-state index in [0.717, 1.165) is 0 Å². The molecule has 2 heteroatoms. The molecule has 2 radical (unpaired) electrons. The highest BCUT2D eigenvalue weighted by molar-refractivity contribution is 8.02. The Morgan fingerprint density at radius 3 is 2.17 bits per heavy atom. The van der Waals surface area contributed by atoms with Gasteiger partial charge in [0.2, 0.25) is 0 Å². The molecule has 0 unspecified atom stereocenters. The van der Waals surface area contributed by atoms with Crippen molar-refractivity contribution in [2.45, 2.75) is 0 Å². The molecule has 0 rings (SSSR count). The first-order chi connectivity index (χ1) is 2.77. The van der Waals surface area contributed by atoms with Crippen LogP contribution in [0.4, 0.5) is 0 Å². The molecule has 0 bridgehead atoms. The molecule has 0 N–H and O–H groups in total. The fraction of sp³-hybridized carbons (Fsp3) is 0.500. The van der Waals surface area contributed by atoms with Crippen LogP contribution in [-0.2, 0) is 0 Å². The Hall–Kier alpha value is 0.310. The van der Waals surface area contributed by atoms with E-state index < -0.39 is 0 Å². The summed E-state index contributed by atoms with van der Waals surface area (Å²) in [5.41, 5.74) is 0. The average Bonchev–Trinajstić information content (AvgIpc) is 1.35. The zero-order valence-corrected chi connectivity index (χ0v) is 4.88. The lowest BCUT2D eigenvalue weighted by Crippen LogP contribution is -2.02.